The van der Waals surface area contributed by atoms with Crippen LogP contribution in [0.4, 0.5) is 0 Å². The largest absolute Gasteiger partial charge is 0.481 e. The van der Waals surface area contributed by atoms with E-state index in [4.69, 9.17) is 4.74 Å². The Labute approximate surface area is 206 Å². The average molecular weight is 485 g/mol. The summed E-state index contributed by atoms with van der Waals surface area (Å²) in [5, 5.41) is 20.5. The number of carbonyl (C=O) groups is 3. The quantitative estimate of drug-likeness (QED) is 0.548. The monoisotopic (exact) mass is 484 g/mol. The maximum Gasteiger partial charge on any atom is 0.310 e. The van der Waals surface area contributed by atoms with E-state index in [1.54, 1.807) is 17.9 Å². The molecule has 35 heavy (non-hydrogen) atoms. The SMILES string of the molecule is C=CCN(C(=O)C1N([C@@H](CO)Cc2ccccc2)C(=O)[C@@H]2[C@H](C(=O)O)[C@]3(C)CCC12O3)C(C)(C)C. The zero-order valence-electron chi connectivity index (χ0n) is 20.9. The molecule has 0 radical (unpaired) electrons. The summed E-state index contributed by atoms with van der Waals surface area (Å²) in [6, 6.07) is 7.71. The first-order chi connectivity index (χ1) is 16.4. The van der Waals surface area contributed by atoms with Gasteiger partial charge in [-0.2, -0.15) is 0 Å². The number of ether oxygens (including phenoxy) is 1. The van der Waals surface area contributed by atoms with Crippen molar-refractivity contribution in [3.05, 3.63) is 48.6 Å². The van der Waals surface area contributed by atoms with E-state index in [0.717, 1.165) is 5.56 Å². The molecule has 1 aromatic carbocycles. The summed E-state index contributed by atoms with van der Waals surface area (Å²) in [5.74, 6) is -3.87. The second kappa shape index (κ2) is 8.75. The highest BCUT2D eigenvalue weighted by molar-refractivity contribution is 5.98. The maximum absolute atomic E-state index is 14.3. The van der Waals surface area contributed by atoms with E-state index in [1.807, 2.05) is 51.1 Å². The van der Waals surface area contributed by atoms with Gasteiger partial charge in [-0.05, 0) is 52.5 Å². The summed E-state index contributed by atoms with van der Waals surface area (Å²) in [6.07, 6.45) is 2.83. The third kappa shape index (κ3) is 3.87. The van der Waals surface area contributed by atoms with Crippen LogP contribution in [0.3, 0.4) is 0 Å². The van der Waals surface area contributed by atoms with Crippen LogP contribution >= 0.6 is 0 Å². The van der Waals surface area contributed by atoms with Gasteiger partial charge >= 0.3 is 5.97 Å². The smallest absolute Gasteiger partial charge is 0.310 e. The van der Waals surface area contributed by atoms with Gasteiger partial charge in [-0.15, -0.1) is 6.58 Å². The molecule has 190 valence electrons. The van der Waals surface area contributed by atoms with Crippen LogP contribution in [0.5, 0.6) is 0 Å². The third-order valence-corrected chi connectivity index (χ3v) is 8.02. The number of carboxylic acid groups (broad SMARTS) is 1. The summed E-state index contributed by atoms with van der Waals surface area (Å²) in [5.41, 5.74) is -1.93. The van der Waals surface area contributed by atoms with Crippen LogP contribution in [-0.4, -0.2) is 79.8 Å². The molecule has 3 heterocycles. The molecule has 0 aromatic heterocycles. The van der Waals surface area contributed by atoms with Gasteiger partial charge in [0.25, 0.3) is 0 Å². The first-order valence-corrected chi connectivity index (χ1v) is 12.2. The topological polar surface area (TPSA) is 107 Å². The number of likely N-dealkylation sites (tertiary alicyclic amines) is 1. The minimum atomic E-state index is -1.25. The van der Waals surface area contributed by atoms with E-state index in [1.165, 1.54) is 4.90 Å². The Kier molecular flexibility index (Phi) is 6.34. The molecule has 3 aliphatic rings. The van der Waals surface area contributed by atoms with Crippen molar-refractivity contribution in [1.29, 1.82) is 0 Å². The van der Waals surface area contributed by atoms with Crippen LogP contribution in [0, 0.1) is 11.8 Å². The lowest BCUT2D eigenvalue weighted by Crippen LogP contribution is -2.62. The van der Waals surface area contributed by atoms with Crippen LogP contribution in [0.1, 0.15) is 46.1 Å². The molecule has 3 aliphatic heterocycles. The zero-order valence-corrected chi connectivity index (χ0v) is 20.9. The first kappa shape index (κ1) is 25.4. The van der Waals surface area contributed by atoms with Gasteiger partial charge in [-0.1, -0.05) is 36.4 Å². The van der Waals surface area contributed by atoms with Gasteiger partial charge in [-0.25, -0.2) is 0 Å². The van der Waals surface area contributed by atoms with Crippen molar-refractivity contribution in [1.82, 2.24) is 9.80 Å². The summed E-state index contributed by atoms with van der Waals surface area (Å²) >= 11 is 0. The van der Waals surface area contributed by atoms with Crippen LogP contribution in [0.2, 0.25) is 0 Å². The Morgan fingerprint density at radius 2 is 1.94 bits per heavy atom. The highest BCUT2D eigenvalue weighted by Crippen LogP contribution is 2.63. The Balaban J connectivity index is 1.84. The van der Waals surface area contributed by atoms with E-state index in [9.17, 15) is 24.6 Å². The number of nitrogens with zero attached hydrogens (tertiary/aromatic N) is 2. The molecule has 6 atom stereocenters. The lowest BCUT2D eigenvalue weighted by Gasteiger charge is -2.43. The Bertz CT molecular complexity index is 1020. The van der Waals surface area contributed by atoms with Crippen LogP contribution in [0.15, 0.2) is 43.0 Å². The molecular weight excluding hydrogens is 448 g/mol. The minimum Gasteiger partial charge on any atom is -0.481 e. The molecule has 3 saturated heterocycles. The van der Waals surface area contributed by atoms with E-state index in [2.05, 4.69) is 6.58 Å². The molecule has 8 heteroatoms. The third-order valence-electron chi connectivity index (χ3n) is 8.02. The van der Waals surface area contributed by atoms with Crippen molar-refractivity contribution < 1.29 is 29.3 Å². The normalized spacial score (nSPS) is 32.4. The number of benzene rings is 1. The molecular formula is C27H36N2O6. The van der Waals surface area contributed by atoms with Gasteiger partial charge in [0.15, 0.2) is 0 Å². The Morgan fingerprint density at radius 1 is 1.29 bits per heavy atom. The van der Waals surface area contributed by atoms with Crippen molar-refractivity contribution >= 4 is 17.8 Å². The number of carbonyl (C=O) groups excluding carboxylic acids is 2. The zero-order chi connectivity index (χ0) is 25.8. The van der Waals surface area contributed by atoms with Crippen molar-refractivity contribution in [2.45, 2.75) is 75.8 Å². The predicted molar refractivity (Wildman–Crippen MR) is 129 cm³/mol. The number of aliphatic carboxylic acids is 1. The molecule has 2 amide bonds. The molecule has 1 spiro atoms. The fourth-order valence-corrected chi connectivity index (χ4v) is 6.52. The van der Waals surface area contributed by atoms with Gasteiger partial charge in [0.2, 0.25) is 11.8 Å². The molecule has 1 aromatic rings. The van der Waals surface area contributed by atoms with Gasteiger partial charge in [0, 0.05) is 12.1 Å². The lowest BCUT2D eigenvalue weighted by atomic mass is 9.66. The maximum atomic E-state index is 14.3. The van der Waals surface area contributed by atoms with E-state index < -0.39 is 52.5 Å². The Morgan fingerprint density at radius 3 is 2.49 bits per heavy atom. The molecule has 2 unspecified atom stereocenters. The van der Waals surface area contributed by atoms with Crippen molar-refractivity contribution in [2.75, 3.05) is 13.2 Å². The van der Waals surface area contributed by atoms with Gasteiger partial charge in [0.05, 0.1) is 30.1 Å². The van der Waals surface area contributed by atoms with E-state index in [0.29, 0.717) is 19.3 Å². The fraction of sp³-hybridized carbons (Fsp3) is 0.593. The minimum absolute atomic E-state index is 0.268. The van der Waals surface area contributed by atoms with Crippen LogP contribution < -0.4 is 0 Å². The van der Waals surface area contributed by atoms with Crippen molar-refractivity contribution in [2.24, 2.45) is 11.8 Å². The summed E-state index contributed by atoms with van der Waals surface area (Å²) in [6.45, 7) is 11.2. The van der Waals surface area contributed by atoms with Crippen LogP contribution in [-0.2, 0) is 25.5 Å². The van der Waals surface area contributed by atoms with Gasteiger partial charge in [-0.3, -0.25) is 14.4 Å². The molecule has 3 fully saturated rings. The molecule has 0 saturated carbocycles. The first-order valence-electron chi connectivity index (χ1n) is 12.2. The predicted octanol–water partition coefficient (Wildman–Crippen LogP) is 2.25. The fourth-order valence-electron chi connectivity index (χ4n) is 6.52. The molecule has 4 rings (SSSR count). The van der Waals surface area contributed by atoms with E-state index in [-0.39, 0.29) is 19.1 Å². The van der Waals surface area contributed by atoms with E-state index >= 15 is 0 Å². The number of carboxylic acids is 1. The number of amides is 2. The summed E-state index contributed by atoms with van der Waals surface area (Å²) in [4.78, 5) is 43.8. The highest BCUT2D eigenvalue weighted by Gasteiger charge is 2.79. The average Bonchev–Trinajstić information content (AvgIpc) is 3.36. The van der Waals surface area contributed by atoms with Crippen molar-refractivity contribution in [3.63, 3.8) is 0 Å². The summed E-state index contributed by atoms with van der Waals surface area (Å²) < 4.78 is 6.47. The molecule has 2 bridgehead atoms. The molecule has 8 nitrogen and oxygen atoms in total. The van der Waals surface area contributed by atoms with Crippen molar-refractivity contribution in [3.8, 4) is 0 Å². The second-order valence-electron chi connectivity index (χ2n) is 11.2. The number of hydrogen-bond acceptors (Lipinski definition) is 5. The molecule has 2 N–H and O–H groups in total. The standard InChI is InChI=1S/C27H36N2O6/c1-6-14-28(25(2,3)4)23(32)21-27-13-12-26(5,35-27)20(24(33)34)19(27)22(31)29(21)18(16-30)15-17-10-8-7-9-11-17/h6-11,18-21,30H,1,12-16H2,2-5H3,(H,33,34)/t18-,19+,20-,21?,26+,27?/m1/s1. The second-order valence-corrected chi connectivity index (χ2v) is 11.2. The van der Waals surface area contributed by atoms with Crippen LogP contribution in [0.25, 0.3) is 0 Å². The molecule has 0 aliphatic carbocycles. The number of hydrogen-bond donors (Lipinski definition) is 2. The van der Waals surface area contributed by atoms with Gasteiger partial charge < -0.3 is 24.7 Å². The number of aliphatic hydroxyl groups is 1. The van der Waals surface area contributed by atoms with Gasteiger partial charge in [0.1, 0.15) is 11.6 Å². The lowest BCUT2D eigenvalue weighted by molar-refractivity contribution is -0.160. The summed E-state index contributed by atoms with van der Waals surface area (Å²) in [7, 11) is 0. The number of fused-ring (bicyclic) bond motifs is 1. The number of rotatable bonds is 8. The highest BCUT2D eigenvalue weighted by atomic mass is 16.5. The number of aliphatic hydroxyl groups excluding tert-OH is 1. The Hall–Kier alpha value is -2.71.